The van der Waals surface area contributed by atoms with Crippen LogP contribution in [0.4, 0.5) is 0 Å². The summed E-state index contributed by atoms with van der Waals surface area (Å²) in [6.07, 6.45) is 0. The van der Waals surface area contributed by atoms with Crippen molar-refractivity contribution in [1.82, 2.24) is 4.90 Å². The molecular formula is C15H24ClNO2. The highest BCUT2D eigenvalue weighted by molar-refractivity contribution is 6.18. The van der Waals surface area contributed by atoms with Gasteiger partial charge in [-0.1, -0.05) is 12.1 Å². The molecule has 1 rings (SSSR count). The molecule has 0 aliphatic rings. The maximum Gasteiger partial charge on any atom is 0.161 e. The molecule has 0 bridgehead atoms. The molecule has 1 aromatic carbocycles. The van der Waals surface area contributed by atoms with Crippen molar-refractivity contribution in [3.63, 3.8) is 0 Å². The third-order valence-corrected chi connectivity index (χ3v) is 3.85. The standard InChI is InChI=1S/C15H24ClNO2/c1-5-18-13-8-6-7-9-14(13)19-11-10-17(4)15(2,3)12-16/h6-9H,5,10-12H2,1-4H3. The molecule has 0 aliphatic carbocycles. The lowest BCUT2D eigenvalue weighted by molar-refractivity contribution is 0.145. The molecule has 0 N–H and O–H groups in total. The van der Waals surface area contributed by atoms with Gasteiger partial charge in [0.15, 0.2) is 11.5 Å². The van der Waals surface area contributed by atoms with Crippen molar-refractivity contribution in [2.45, 2.75) is 26.3 Å². The van der Waals surface area contributed by atoms with Crippen LogP contribution in [0.15, 0.2) is 24.3 Å². The third kappa shape index (κ3) is 4.92. The van der Waals surface area contributed by atoms with E-state index in [2.05, 4.69) is 25.8 Å². The Labute approximate surface area is 121 Å². The number of halogens is 1. The fourth-order valence-corrected chi connectivity index (χ4v) is 1.75. The number of rotatable bonds is 8. The number of nitrogens with zero attached hydrogens (tertiary/aromatic N) is 1. The molecule has 1 aromatic rings. The van der Waals surface area contributed by atoms with Gasteiger partial charge in [0.2, 0.25) is 0 Å². The molecule has 0 atom stereocenters. The van der Waals surface area contributed by atoms with E-state index >= 15 is 0 Å². The SMILES string of the molecule is CCOc1ccccc1OCCN(C)C(C)(C)CCl. The minimum Gasteiger partial charge on any atom is -0.490 e. The second kappa shape index (κ2) is 7.61. The van der Waals surface area contributed by atoms with Crippen LogP contribution in [0.25, 0.3) is 0 Å². The topological polar surface area (TPSA) is 21.7 Å². The van der Waals surface area contributed by atoms with Gasteiger partial charge in [0.1, 0.15) is 6.61 Å². The lowest BCUT2D eigenvalue weighted by Crippen LogP contribution is -2.44. The summed E-state index contributed by atoms with van der Waals surface area (Å²) < 4.78 is 11.3. The number of ether oxygens (including phenoxy) is 2. The molecule has 0 saturated heterocycles. The first-order chi connectivity index (χ1) is 9.01. The van der Waals surface area contributed by atoms with E-state index in [1.807, 2.05) is 31.2 Å². The minimum absolute atomic E-state index is 0.0235. The molecule has 0 radical (unpaired) electrons. The average molecular weight is 286 g/mol. The lowest BCUT2D eigenvalue weighted by Gasteiger charge is -2.33. The first-order valence-corrected chi connectivity index (χ1v) is 7.16. The Hall–Kier alpha value is -0.930. The van der Waals surface area contributed by atoms with Crippen molar-refractivity contribution >= 4 is 11.6 Å². The molecule has 0 unspecified atom stereocenters. The first kappa shape index (κ1) is 16.1. The smallest absolute Gasteiger partial charge is 0.161 e. The van der Waals surface area contributed by atoms with E-state index in [0.29, 0.717) is 19.1 Å². The van der Waals surface area contributed by atoms with E-state index in [9.17, 15) is 0 Å². The van der Waals surface area contributed by atoms with Crippen LogP contribution < -0.4 is 9.47 Å². The molecule has 108 valence electrons. The fraction of sp³-hybridized carbons (Fsp3) is 0.600. The zero-order valence-electron chi connectivity index (χ0n) is 12.3. The Morgan fingerprint density at radius 2 is 1.74 bits per heavy atom. The van der Waals surface area contributed by atoms with Crippen LogP contribution in [-0.4, -0.2) is 43.1 Å². The van der Waals surface area contributed by atoms with Crippen molar-refractivity contribution < 1.29 is 9.47 Å². The molecule has 0 fully saturated rings. The van der Waals surface area contributed by atoms with E-state index in [4.69, 9.17) is 21.1 Å². The molecular weight excluding hydrogens is 262 g/mol. The normalized spacial score (nSPS) is 11.7. The lowest BCUT2D eigenvalue weighted by atomic mass is 10.1. The number of alkyl halides is 1. The van der Waals surface area contributed by atoms with Gasteiger partial charge in [-0.2, -0.15) is 0 Å². The summed E-state index contributed by atoms with van der Waals surface area (Å²) in [5.74, 6) is 2.18. The van der Waals surface area contributed by atoms with Crippen LogP contribution in [0, 0.1) is 0 Å². The van der Waals surface area contributed by atoms with Crippen molar-refractivity contribution in [1.29, 1.82) is 0 Å². The van der Waals surface area contributed by atoms with Gasteiger partial charge in [-0.25, -0.2) is 0 Å². The van der Waals surface area contributed by atoms with Gasteiger partial charge in [0, 0.05) is 18.0 Å². The van der Waals surface area contributed by atoms with Crippen molar-refractivity contribution in [2.75, 3.05) is 32.7 Å². The number of para-hydroxylation sites is 2. The number of likely N-dealkylation sites (N-methyl/N-ethyl adjacent to an activating group) is 1. The van der Waals surface area contributed by atoms with Crippen LogP contribution in [0.3, 0.4) is 0 Å². The maximum absolute atomic E-state index is 5.95. The molecule has 0 spiro atoms. The summed E-state index contributed by atoms with van der Waals surface area (Å²) in [5, 5.41) is 0. The van der Waals surface area contributed by atoms with Gasteiger partial charge < -0.3 is 9.47 Å². The van der Waals surface area contributed by atoms with Crippen LogP contribution in [-0.2, 0) is 0 Å². The molecule has 0 heterocycles. The van der Waals surface area contributed by atoms with Gasteiger partial charge >= 0.3 is 0 Å². The Bertz CT molecular complexity index is 382. The van der Waals surface area contributed by atoms with E-state index in [0.717, 1.165) is 18.0 Å². The maximum atomic E-state index is 5.95. The van der Waals surface area contributed by atoms with E-state index in [-0.39, 0.29) is 5.54 Å². The summed E-state index contributed by atoms with van der Waals surface area (Å²) in [6.45, 7) is 8.27. The molecule has 0 aromatic heterocycles. The van der Waals surface area contributed by atoms with Gasteiger partial charge in [-0.3, -0.25) is 4.90 Å². The second-order valence-corrected chi connectivity index (χ2v) is 5.36. The fourth-order valence-electron chi connectivity index (χ4n) is 1.54. The largest absolute Gasteiger partial charge is 0.490 e. The van der Waals surface area contributed by atoms with E-state index in [1.165, 1.54) is 0 Å². The summed E-state index contributed by atoms with van der Waals surface area (Å²) in [6, 6.07) is 7.74. The highest BCUT2D eigenvalue weighted by Crippen LogP contribution is 2.26. The van der Waals surface area contributed by atoms with Gasteiger partial charge in [0.25, 0.3) is 0 Å². The molecule has 19 heavy (non-hydrogen) atoms. The summed E-state index contributed by atoms with van der Waals surface area (Å²) in [4.78, 5) is 2.20. The zero-order chi connectivity index (χ0) is 14.3. The van der Waals surface area contributed by atoms with Crippen LogP contribution >= 0.6 is 11.6 Å². The van der Waals surface area contributed by atoms with E-state index in [1.54, 1.807) is 0 Å². The van der Waals surface area contributed by atoms with Crippen LogP contribution in [0.1, 0.15) is 20.8 Å². The van der Waals surface area contributed by atoms with Crippen LogP contribution in [0.5, 0.6) is 11.5 Å². The summed E-state index contributed by atoms with van der Waals surface area (Å²) in [7, 11) is 2.06. The van der Waals surface area contributed by atoms with E-state index < -0.39 is 0 Å². The van der Waals surface area contributed by atoms with Gasteiger partial charge in [0.05, 0.1) is 6.61 Å². The number of hydrogen-bond donors (Lipinski definition) is 0. The van der Waals surface area contributed by atoms with Gasteiger partial charge in [-0.15, -0.1) is 11.6 Å². The van der Waals surface area contributed by atoms with Crippen LogP contribution in [0.2, 0.25) is 0 Å². The minimum atomic E-state index is -0.0235. The highest BCUT2D eigenvalue weighted by atomic mass is 35.5. The van der Waals surface area contributed by atoms with Crippen molar-refractivity contribution in [3.05, 3.63) is 24.3 Å². The predicted octanol–water partition coefficient (Wildman–Crippen LogP) is 3.41. The molecule has 0 saturated carbocycles. The summed E-state index contributed by atoms with van der Waals surface area (Å²) in [5.41, 5.74) is -0.0235. The summed E-state index contributed by atoms with van der Waals surface area (Å²) >= 11 is 5.95. The number of benzene rings is 1. The molecule has 0 amide bonds. The Balaban J connectivity index is 2.49. The Kier molecular flexibility index (Phi) is 6.46. The predicted molar refractivity (Wildman–Crippen MR) is 80.5 cm³/mol. The Morgan fingerprint density at radius 3 is 2.26 bits per heavy atom. The number of hydrogen-bond acceptors (Lipinski definition) is 3. The monoisotopic (exact) mass is 285 g/mol. The first-order valence-electron chi connectivity index (χ1n) is 6.63. The highest BCUT2D eigenvalue weighted by Gasteiger charge is 2.21. The third-order valence-electron chi connectivity index (χ3n) is 3.19. The molecule has 4 heteroatoms. The molecule has 3 nitrogen and oxygen atoms in total. The van der Waals surface area contributed by atoms with Crippen molar-refractivity contribution in [2.24, 2.45) is 0 Å². The second-order valence-electron chi connectivity index (χ2n) is 5.10. The average Bonchev–Trinajstić information content (AvgIpc) is 2.40. The zero-order valence-corrected chi connectivity index (χ0v) is 13.0. The quantitative estimate of drug-likeness (QED) is 0.683. The van der Waals surface area contributed by atoms with Gasteiger partial charge in [-0.05, 0) is 40.0 Å². The Morgan fingerprint density at radius 1 is 1.16 bits per heavy atom. The van der Waals surface area contributed by atoms with Crippen molar-refractivity contribution in [3.8, 4) is 11.5 Å². The molecule has 0 aliphatic heterocycles.